The monoisotopic (exact) mass is 383 g/mol. The van der Waals surface area contributed by atoms with Gasteiger partial charge in [-0.1, -0.05) is 32.0 Å². The minimum absolute atomic E-state index is 0.150. The first-order chi connectivity index (χ1) is 13.7. The fraction of sp³-hybridized carbons (Fsp3) is 0.476. The highest BCUT2D eigenvalue weighted by Gasteiger charge is 2.12. The Hall–Kier alpha value is -2.51. The van der Waals surface area contributed by atoms with Crippen LogP contribution in [0.4, 0.5) is 11.6 Å². The highest BCUT2D eigenvalue weighted by molar-refractivity contribution is 5.93. The van der Waals surface area contributed by atoms with E-state index in [0.29, 0.717) is 18.1 Å². The smallest absolute Gasteiger partial charge is 0.254 e. The predicted octanol–water partition coefficient (Wildman–Crippen LogP) is 2.41. The van der Waals surface area contributed by atoms with Crippen LogP contribution in [0.25, 0.3) is 0 Å². The molecule has 28 heavy (non-hydrogen) atoms. The van der Waals surface area contributed by atoms with Gasteiger partial charge in [-0.2, -0.15) is 0 Å². The lowest BCUT2D eigenvalue weighted by Gasteiger charge is -2.26. The minimum Gasteiger partial charge on any atom is -0.379 e. The number of ether oxygens (including phenoxy) is 1. The van der Waals surface area contributed by atoms with Gasteiger partial charge in [0.25, 0.3) is 5.91 Å². The highest BCUT2D eigenvalue weighted by Crippen LogP contribution is 2.24. The zero-order chi connectivity index (χ0) is 19.8. The van der Waals surface area contributed by atoms with Crippen molar-refractivity contribution in [3.05, 3.63) is 47.3 Å². The molecule has 1 saturated heterocycles. The summed E-state index contributed by atoms with van der Waals surface area (Å²) in [5, 5.41) is 6.25. The third-order valence-electron chi connectivity index (χ3n) is 4.97. The Kier molecular flexibility index (Phi) is 7.33. The van der Waals surface area contributed by atoms with Crippen molar-refractivity contribution in [1.82, 2.24) is 20.2 Å². The molecule has 3 rings (SSSR count). The number of para-hydroxylation sites is 1. The van der Waals surface area contributed by atoms with E-state index in [1.165, 1.54) is 11.1 Å². The van der Waals surface area contributed by atoms with Crippen LogP contribution in [0.2, 0.25) is 0 Å². The number of benzene rings is 1. The maximum atomic E-state index is 12.3. The molecule has 1 aromatic carbocycles. The van der Waals surface area contributed by atoms with Gasteiger partial charge in [0.05, 0.1) is 18.8 Å². The van der Waals surface area contributed by atoms with Crippen LogP contribution in [0.1, 0.15) is 35.3 Å². The van der Waals surface area contributed by atoms with Crippen molar-refractivity contribution >= 4 is 17.5 Å². The number of nitrogens with zero attached hydrogens (tertiary/aromatic N) is 3. The lowest BCUT2D eigenvalue weighted by atomic mass is 10.0. The number of carbonyl (C=O) groups is 1. The van der Waals surface area contributed by atoms with E-state index < -0.39 is 0 Å². The quantitative estimate of drug-likeness (QED) is 0.729. The molecule has 0 unspecified atom stereocenters. The summed E-state index contributed by atoms with van der Waals surface area (Å²) in [7, 11) is 0. The molecule has 0 atom stereocenters. The third-order valence-corrected chi connectivity index (χ3v) is 4.97. The van der Waals surface area contributed by atoms with Crippen LogP contribution in [0, 0.1) is 0 Å². The Labute approximate surface area is 166 Å². The van der Waals surface area contributed by atoms with Gasteiger partial charge in [-0.25, -0.2) is 9.97 Å². The van der Waals surface area contributed by atoms with Gasteiger partial charge in [-0.3, -0.25) is 9.69 Å². The molecule has 0 bridgehead atoms. The highest BCUT2D eigenvalue weighted by atomic mass is 16.5. The molecular weight excluding hydrogens is 354 g/mol. The van der Waals surface area contributed by atoms with Crippen molar-refractivity contribution in [3.63, 3.8) is 0 Å². The van der Waals surface area contributed by atoms with Crippen molar-refractivity contribution < 1.29 is 9.53 Å². The summed E-state index contributed by atoms with van der Waals surface area (Å²) < 4.78 is 5.33. The largest absolute Gasteiger partial charge is 0.379 e. The zero-order valence-electron chi connectivity index (χ0n) is 16.7. The molecule has 7 nitrogen and oxygen atoms in total. The summed E-state index contributed by atoms with van der Waals surface area (Å²) in [5.74, 6) is 0.350. The molecule has 1 amide bonds. The lowest BCUT2D eigenvalue weighted by molar-refractivity contribution is 0.0383. The van der Waals surface area contributed by atoms with Gasteiger partial charge in [-0.15, -0.1) is 0 Å². The number of carbonyl (C=O) groups excluding carboxylic acids is 1. The molecule has 7 heteroatoms. The van der Waals surface area contributed by atoms with Crippen molar-refractivity contribution in [2.45, 2.75) is 26.7 Å². The van der Waals surface area contributed by atoms with E-state index in [1.807, 2.05) is 0 Å². The second kappa shape index (κ2) is 10.1. The first-order valence-corrected chi connectivity index (χ1v) is 9.99. The molecule has 1 aliphatic heterocycles. The molecule has 1 aliphatic rings. The molecule has 1 fully saturated rings. The number of nitrogens with one attached hydrogen (secondary N) is 2. The Balaban J connectivity index is 1.57. The molecule has 1 aromatic heterocycles. The lowest BCUT2D eigenvalue weighted by Crippen LogP contribution is -2.41. The Bertz CT molecular complexity index is 751. The standard InChI is InChI=1S/C21H29N5O2/c1-3-16-6-5-7-17(4-2)19(16)25-21-23-14-18(15-24-21)20(27)22-8-9-26-10-12-28-13-11-26/h5-7,14-15H,3-4,8-13H2,1-2H3,(H,22,27)(H,23,24,25). The number of aromatic nitrogens is 2. The Morgan fingerprint density at radius 1 is 1.11 bits per heavy atom. The van der Waals surface area contributed by atoms with Gasteiger partial charge < -0.3 is 15.4 Å². The van der Waals surface area contributed by atoms with Crippen LogP contribution in [0.5, 0.6) is 0 Å². The van der Waals surface area contributed by atoms with E-state index in [9.17, 15) is 4.79 Å². The van der Waals surface area contributed by atoms with Crippen molar-refractivity contribution in [3.8, 4) is 0 Å². The molecule has 2 heterocycles. The molecule has 2 aromatic rings. The molecule has 0 spiro atoms. The maximum absolute atomic E-state index is 12.3. The number of morpholine rings is 1. The van der Waals surface area contributed by atoms with Crippen LogP contribution in [-0.4, -0.2) is 60.2 Å². The molecule has 0 saturated carbocycles. The van der Waals surface area contributed by atoms with Gasteiger partial charge >= 0.3 is 0 Å². The molecule has 2 N–H and O–H groups in total. The van der Waals surface area contributed by atoms with E-state index in [0.717, 1.165) is 51.4 Å². The first-order valence-electron chi connectivity index (χ1n) is 9.99. The minimum atomic E-state index is -0.150. The van der Waals surface area contributed by atoms with Crippen molar-refractivity contribution in [2.24, 2.45) is 0 Å². The van der Waals surface area contributed by atoms with Crippen LogP contribution in [0.15, 0.2) is 30.6 Å². The van der Waals surface area contributed by atoms with Crippen molar-refractivity contribution in [1.29, 1.82) is 0 Å². The Morgan fingerprint density at radius 3 is 2.36 bits per heavy atom. The summed E-state index contributed by atoms with van der Waals surface area (Å²) in [5.41, 5.74) is 3.99. The second-order valence-corrected chi connectivity index (χ2v) is 6.79. The van der Waals surface area contributed by atoms with Gasteiger partial charge in [0.1, 0.15) is 0 Å². The third kappa shape index (κ3) is 5.27. The topological polar surface area (TPSA) is 79.4 Å². The van der Waals surface area contributed by atoms with Gasteiger partial charge in [-0.05, 0) is 24.0 Å². The summed E-state index contributed by atoms with van der Waals surface area (Å²) in [6, 6.07) is 6.30. The van der Waals surface area contributed by atoms with Crippen LogP contribution >= 0.6 is 0 Å². The van der Waals surface area contributed by atoms with E-state index in [4.69, 9.17) is 4.74 Å². The average Bonchev–Trinajstić information content (AvgIpc) is 2.75. The van der Waals surface area contributed by atoms with Crippen LogP contribution in [-0.2, 0) is 17.6 Å². The maximum Gasteiger partial charge on any atom is 0.254 e. The number of hydrogen-bond acceptors (Lipinski definition) is 6. The van der Waals surface area contributed by atoms with E-state index in [-0.39, 0.29) is 5.91 Å². The zero-order valence-corrected chi connectivity index (χ0v) is 16.7. The normalized spacial score (nSPS) is 14.6. The summed E-state index contributed by atoms with van der Waals surface area (Å²) >= 11 is 0. The molecule has 0 radical (unpaired) electrons. The summed E-state index contributed by atoms with van der Waals surface area (Å²) in [6.45, 7) is 9.03. The van der Waals surface area contributed by atoms with E-state index in [1.54, 1.807) is 12.4 Å². The summed E-state index contributed by atoms with van der Waals surface area (Å²) in [4.78, 5) is 23.3. The van der Waals surface area contributed by atoms with E-state index >= 15 is 0 Å². The number of anilines is 2. The van der Waals surface area contributed by atoms with Crippen molar-refractivity contribution in [2.75, 3.05) is 44.7 Å². The predicted molar refractivity (Wildman–Crippen MR) is 110 cm³/mol. The van der Waals surface area contributed by atoms with Gasteiger partial charge in [0.15, 0.2) is 0 Å². The number of hydrogen-bond donors (Lipinski definition) is 2. The SMILES string of the molecule is CCc1cccc(CC)c1Nc1ncc(C(=O)NCCN2CCOCC2)cn1. The number of amides is 1. The van der Waals surface area contributed by atoms with Crippen LogP contribution < -0.4 is 10.6 Å². The van der Waals surface area contributed by atoms with Gasteiger partial charge in [0.2, 0.25) is 5.95 Å². The number of rotatable bonds is 8. The second-order valence-electron chi connectivity index (χ2n) is 6.79. The average molecular weight is 383 g/mol. The van der Waals surface area contributed by atoms with Gasteiger partial charge in [0, 0.05) is 44.3 Å². The van der Waals surface area contributed by atoms with E-state index in [2.05, 4.69) is 57.5 Å². The Morgan fingerprint density at radius 2 is 1.75 bits per heavy atom. The molecule has 0 aliphatic carbocycles. The fourth-order valence-corrected chi connectivity index (χ4v) is 3.28. The number of aryl methyl sites for hydroxylation is 2. The molecule has 150 valence electrons. The first kappa shape index (κ1) is 20.2. The summed E-state index contributed by atoms with van der Waals surface area (Å²) in [6.07, 6.45) is 5.00. The molecular formula is C21H29N5O2. The fourth-order valence-electron chi connectivity index (χ4n) is 3.28. The van der Waals surface area contributed by atoms with Crippen LogP contribution in [0.3, 0.4) is 0 Å².